The summed E-state index contributed by atoms with van der Waals surface area (Å²) in [5.74, 6) is 0.492. The maximum Gasteiger partial charge on any atom is 0.298 e. The first-order valence-electron chi connectivity index (χ1n) is 3.95. The molecule has 2 aromatic rings. The summed E-state index contributed by atoms with van der Waals surface area (Å²) >= 11 is 0. The van der Waals surface area contributed by atoms with Gasteiger partial charge in [0.15, 0.2) is 0 Å². The third kappa shape index (κ3) is 1.61. The van der Waals surface area contributed by atoms with Crippen LogP contribution < -0.4 is 4.74 Å². The van der Waals surface area contributed by atoms with Crippen LogP contribution in [0.4, 0.5) is 0 Å². The molecule has 2 rings (SSSR count). The summed E-state index contributed by atoms with van der Waals surface area (Å²) in [4.78, 5) is 10.1. The highest BCUT2D eigenvalue weighted by atomic mass is 16.5. The van der Waals surface area contributed by atoms with E-state index in [0.29, 0.717) is 12.2 Å². The van der Waals surface area contributed by atoms with Crippen LogP contribution in [0.3, 0.4) is 0 Å². The van der Waals surface area contributed by atoms with Gasteiger partial charge >= 0.3 is 0 Å². The predicted octanol–water partition coefficient (Wildman–Crippen LogP) is 0.802. The molecule has 0 N–H and O–H groups in total. The number of hydrogen-bond donors (Lipinski definition) is 0. The first kappa shape index (κ1) is 8.43. The van der Waals surface area contributed by atoms with Crippen LogP contribution in [-0.4, -0.2) is 21.2 Å². The second-order valence-corrected chi connectivity index (χ2v) is 2.58. The molecule has 14 heavy (non-hydrogen) atoms. The third-order valence-electron chi connectivity index (χ3n) is 1.72. The maximum atomic E-state index is 10.1. The van der Waals surface area contributed by atoms with Crippen molar-refractivity contribution in [2.45, 2.75) is 0 Å². The Hall–Kier alpha value is -2.17. The lowest BCUT2D eigenvalue weighted by Crippen LogP contribution is -1.92. The van der Waals surface area contributed by atoms with E-state index in [9.17, 15) is 4.79 Å². The van der Waals surface area contributed by atoms with Crippen LogP contribution >= 0.6 is 0 Å². The van der Waals surface area contributed by atoms with Crippen molar-refractivity contribution in [3.05, 3.63) is 36.9 Å². The summed E-state index contributed by atoms with van der Waals surface area (Å²) in [6.45, 7) is 0.394. The van der Waals surface area contributed by atoms with Crippen LogP contribution in [0.25, 0.3) is 5.69 Å². The zero-order chi connectivity index (χ0) is 9.80. The Labute approximate surface area is 80.0 Å². The van der Waals surface area contributed by atoms with Gasteiger partial charge in [-0.25, -0.2) is 0 Å². The third-order valence-corrected chi connectivity index (χ3v) is 1.72. The Morgan fingerprint density at radius 1 is 1.29 bits per heavy atom. The van der Waals surface area contributed by atoms with Crippen molar-refractivity contribution in [3.8, 4) is 11.4 Å². The molecule has 5 heteroatoms. The van der Waals surface area contributed by atoms with E-state index in [1.54, 1.807) is 35.4 Å². The molecule has 0 saturated carbocycles. The van der Waals surface area contributed by atoms with Crippen LogP contribution in [0.1, 0.15) is 0 Å². The quantitative estimate of drug-likeness (QED) is 0.670. The molecule has 0 aliphatic rings. The highest BCUT2D eigenvalue weighted by molar-refractivity contribution is 5.48. The van der Waals surface area contributed by atoms with Crippen LogP contribution in [0.5, 0.6) is 5.75 Å². The second kappa shape index (κ2) is 3.69. The van der Waals surface area contributed by atoms with E-state index in [0.717, 1.165) is 5.69 Å². The lowest BCUT2D eigenvalue weighted by molar-refractivity contribution is -0.120. The van der Waals surface area contributed by atoms with Gasteiger partial charge in [-0.2, -0.15) is 0 Å². The summed E-state index contributed by atoms with van der Waals surface area (Å²) in [7, 11) is 0. The smallest absolute Gasteiger partial charge is 0.298 e. The minimum Gasteiger partial charge on any atom is -0.429 e. The van der Waals surface area contributed by atoms with Gasteiger partial charge in [-0.15, -0.1) is 10.2 Å². The Balaban J connectivity index is 2.35. The Kier molecular flexibility index (Phi) is 2.22. The molecule has 0 unspecified atom stereocenters. The summed E-state index contributed by atoms with van der Waals surface area (Å²) in [5.41, 5.74) is 0.842. The highest BCUT2D eigenvalue weighted by Crippen LogP contribution is 2.15. The Morgan fingerprint density at radius 2 is 2.07 bits per heavy atom. The number of benzene rings is 1. The first-order chi connectivity index (χ1) is 6.90. The van der Waals surface area contributed by atoms with Crippen molar-refractivity contribution < 1.29 is 9.53 Å². The summed E-state index contributed by atoms with van der Waals surface area (Å²) in [5, 5.41) is 7.35. The molecule has 70 valence electrons. The van der Waals surface area contributed by atoms with Gasteiger partial charge in [-0.3, -0.25) is 9.36 Å². The van der Waals surface area contributed by atoms with Crippen LogP contribution in [0.15, 0.2) is 36.9 Å². The average molecular weight is 189 g/mol. The van der Waals surface area contributed by atoms with Gasteiger partial charge in [0.2, 0.25) is 0 Å². The number of nitrogens with zero attached hydrogens (tertiary/aromatic N) is 3. The zero-order valence-electron chi connectivity index (χ0n) is 7.20. The molecule has 0 saturated heterocycles. The molecule has 0 aliphatic heterocycles. The number of ether oxygens (including phenoxy) is 1. The van der Waals surface area contributed by atoms with E-state index >= 15 is 0 Å². The molecule has 0 amide bonds. The van der Waals surface area contributed by atoms with Crippen LogP contribution in [-0.2, 0) is 4.79 Å². The van der Waals surface area contributed by atoms with Gasteiger partial charge in [0.25, 0.3) is 6.47 Å². The van der Waals surface area contributed by atoms with Gasteiger partial charge in [0.1, 0.15) is 18.4 Å². The molecule has 0 atom stereocenters. The molecule has 1 aromatic heterocycles. The maximum absolute atomic E-state index is 10.1. The number of carbonyl (C=O) groups is 1. The molecule has 0 radical (unpaired) electrons. The van der Waals surface area contributed by atoms with E-state index in [2.05, 4.69) is 10.2 Å². The van der Waals surface area contributed by atoms with E-state index in [1.165, 1.54) is 0 Å². The van der Waals surface area contributed by atoms with Crippen molar-refractivity contribution in [1.82, 2.24) is 14.8 Å². The monoisotopic (exact) mass is 189 g/mol. The summed E-state index contributed by atoms with van der Waals surface area (Å²) in [6, 6.07) is 7.06. The van der Waals surface area contributed by atoms with Gasteiger partial charge in [-0.05, 0) is 12.1 Å². The minimum absolute atomic E-state index is 0.394. The normalized spacial score (nSPS) is 9.71. The van der Waals surface area contributed by atoms with Crippen LogP contribution in [0, 0.1) is 0 Å². The molecule has 1 heterocycles. The van der Waals surface area contributed by atoms with Gasteiger partial charge < -0.3 is 4.74 Å². The van der Waals surface area contributed by atoms with E-state index < -0.39 is 0 Å². The number of rotatable bonds is 3. The second-order valence-electron chi connectivity index (χ2n) is 2.58. The lowest BCUT2D eigenvalue weighted by atomic mass is 10.3. The van der Waals surface area contributed by atoms with E-state index in [-0.39, 0.29) is 0 Å². The van der Waals surface area contributed by atoms with Crippen molar-refractivity contribution >= 4 is 6.47 Å². The van der Waals surface area contributed by atoms with Crippen LogP contribution in [0.2, 0.25) is 0 Å². The Morgan fingerprint density at radius 3 is 2.79 bits per heavy atom. The molecular weight excluding hydrogens is 182 g/mol. The SMILES string of the molecule is O=COc1cccc(-n2cnnc2)c1. The zero-order valence-corrected chi connectivity index (χ0v) is 7.20. The first-order valence-corrected chi connectivity index (χ1v) is 3.95. The molecule has 0 aliphatic carbocycles. The number of aromatic nitrogens is 3. The standard InChI is InChI=1S/C9H7N3O2/c13-7-14-9-3-1-2-8(4-9)12-5-10-11-6-12/h1-7H. The molecule has 0 bridgehead atoms. The minimum atomic E-state index is 0.394. The fourth-order valence-electron chi connectivity index (χ4n) is 1.11. The van der Waals surface area contributed by atoms with Crippen molar-refractivity contribution in [3.63, 3.8) is 0 Å². The van der Waals surface area contributed by atoms with E-state index in [1.807, 2.05) is 6.07 Å². The van der Waals surface area contributed by atoms with Gasteiger partial charge in [0, 0.05) is 6.07 Å². The average Bonchev–Trinajstić information content (AvgIpc) is 2.71. The molecule has 5 nitrogen and oxygen atoms in total. The summed E-state index contributed by atoms with van der Waals surface area (Å²) < 4.78 is 6.43. The van der Waals surface area contributed by atoms with Crippen molar-refractivity contribution in [1.29, 1.82) is 0 Å². The highest BCUT2D eigenvalue weighted by Gasteiger charge is 1.98. The largest absolute Gasteiger partial charge is 0.429 e. The van der Waals surface area contributed by atoms with Crippen molar-refractivity contribution in [2.24, 2.45) is 0 Å². The Bertz CT molecular complexity index is 425. The number of carbonyl (C=O) groups excluding carboxylic acids is 1. The topological polar surface area (TPSA) is 57.0 Å². The molecule has 0 fully saturated rings. The molecule has 1 aromatic carbocycles. The van der Waals surface area contributed by atoms with Gasteiger partial charge in [-0.1, -0.05) is 6.07 Å². The fourth-order valence-corrected chi connectivity index (χ4v) is 1.11. The molecular formula is C9H7N3O2. The number of hydrogen-bond acceptors (Lipinski definition) is 4. The van der Waals surface area contributed by atoms with E-state index in [4.69, 9.17) is 4.74 Å². The van der Waals surface area contributed by atoms with Gasteiger partial charge in [0.05, 0.1) is 5.69 Å². The fraction of sp³-hybridized carbons (Fsp3) is 0. The predicted molar refractivity (Wildman–Crippen MR) is 48.1 cm³/mol. The summed E-state index contributed by atoms with van der Waals surface area (Å²) in [6.07, 6.45) is 3.14. The van der Waals surface area contributed by atoms with Crippen molar-refractivity contribution in [2.75, 3.05) is 0 Å². The lowest BCUT2D eigenvalue weighted by Gasteiger charge is -2.02. The molecule has 0 spiro atoms.